The van der Waals surface area contributed by atoms with Crippen LogP contribution in [0.25, 0.3) is 0 Å². The Morgan fingerprint density at radius 2 is 1.39 bits per heavy atom. The first-order valence-electron chi connectivity index (χ1n) is 5.99. The van der Waals surface area contributed by atoms with Crippen molar-refractivity contribution < 1.29 is 0 Å². The predicted octanol–water partition coefficient (Wildman–Crippen LogP) is 4.95. The van der Waals surface area contributed by atoms with Gasteiger partial charge in [0.05, 0.1) is 0 Å². The number of nitrogens with one attached hydrogen (secondary N) is 1. The number of anilines is 2. The van der Waals surface area contributed by atoms with Crippen LogP contribution in [-0.4, -0.2) is 0 Å². The third kappa shape index (κ3) is 2.94. The molecule has 0 aliphatic heterocycles. The quantitative estimate of drug-likeness (QED) is 0.768. The smallest absolute Gasteiger partial charge is 0.108 e. The second-order valence-electron chi connectivity index (χ2n) is 4.54. The fourth-order valence-electron chi connectivity index (χ4n) is 1.72. The summed E-state index contributed by atoms with van der Waals surface area (Å²) in [6.45, 7) is 4.35. The number of nitrogens with zero attached hydrogens (tertiary/aromatic N) is 1. The highest BCUT2D eigenvalue weighted by molar-refractivity contribution is 5.61. The van der Waals surface area contributed by atoms with Crippen LogP contribution in [0.1, 0.15) is 25.3 Å². The van der Waals surface area contributed by atoms with Crippen LogP contribution in [0.5, 0.6) is 0 Å². The van der Waals surface area contributed by atoms with Gasteiger partial charge in [-0.1, -0.05) is 26.0 Å². The first kappa shape index (κ1) is 12.3. The molecule has 2 aromatic carbocycles. The van der Waals surface area contributed by atoms with Crippen LogP contribution in [0.15, 0.2) is 53.7 Å². The van der Waals surface area contributed by atoms with E-state index < -0.39 is 0 Å². The zero-order chi connectivity index (χ0) is 13.0. The maximum Gasteiger partial charge on any atom is 0.108 e. The van der Waals surface area contributed by atoms with Crippen LogP contribution in [0, 0.1) is 4.91 Å². The van der Waals surface area contributed by atoms with E-state index in [0.717, 1.165) is 11.4 Å². The Bertz CT molecular complexity index is 515. The Morgan fingerprint density at radius 3 is 1.83 bits per heavy atom. The van der Waals surface area contributed by atoms with E-state index in [2.05, 4.69) is 48.6 Å². The highest BCUT2D eigenvalue weighted by atomic mass is 16.3. The molecule has 3 heteroatoms. The molecular formula is C15H16N2O. The molecule has 0 atom stereocenters. The second kappa shape index (κ2) is 5.45. The van der Waals surface area contributed by atoms with Crippen molar-refractivity contribution in [1.82, 2.24) is 0 Å². The summed E-state index contributed by atoms with van der Waals surface area (Å²) < 4.78 is 0. The number of hydrogen-bond donors (Lipinski definition) is 1. The number of nitroso groups, excluding NO2 is 1. The number of hydrogen-bond acceptors (Lipinski definition) is 3. The molecule has 0 aromatic heterocycles. The monoisotopic (exact) mass is 240 g/mol. The summed E-state index contributed by atoms with van der Waals surface area (Å²) in [6, 6.07) is 15.4. The van der Waals surface area contributed by atoms with Gasteiger partial charge in [-0.3, -0.25) is 0 Å². The molecule has 0 amide bonds. The minimum absolute atomic E-state index is 0.440. The van der Waals surface area contributed by atoms with Crippen molar-refractivity contribution in [3.8, 4) is 0 Å². The summed E-state index contributed by atoms with van der Waals surface area (Å²) in [7, 11) is 0. The van der Waals surface area contributed by atoms with Crippen LogP contribution in [0.4, 0.5) is 17.1 Å². The van der Waals surface area contributed by atoms with Crippen LogP contribution < -0.4 is 5.32 Å². The fourth-order valence-corrected chi connectivity index (χ4v) is 1.72. The van der Waals surface area contributed by atoms with Crippen LogP contribution in [0.3, 0.4) is 0 Å². The molecule has 0 fully saturated rings. The van der Waals surface area contributed by atoms with Gasteiger partial charge in [-0.2, -0.15) is 0 Å². The molecule has 0 aliphatic carbocycles. The van der Waals surface area contributed by atoms with Crippen LogP contribution in [-0.2, 0) is 0 Å². The predicted molar refractivity (Wildman–Crippen MR) is 75.7 cm³/mol. The van der Waals surface area contributed by atoms with Gasteiger partial charge in [0.1, 0.15) is 5.69 Å². The summed E-state index contributed by atoms with van der Waals surface area (Å²) in [5.41, 5.74) is 3.74. The van der Waals surface area contributed by atoms with Crippen molar-refractivity contribution in [2.45, 2.75) is 19.8 Å². The Balaban J connectivity index is 2.10. The topological polar surface area (TPSA) is 41.5 Å². The van der Waals surface area contributed by atoms with Crippen molar-refractivity contribution in [2.75, 3.05) is 5.32 Å². The lowest BCUT2D eigenvalue weighted by molar-refractivity contribution is 0.867. The SMILES string of the molecule is CC(C)c1ccc(Nc2ccc(N=O)cc2)cc1. The molecule has 0 radical (unpaired) electrons. The minimum Gasteiger partial charge on any atom is -0.356 e. The van der Waals surface area contributed by atoms with Gasteiger partial charge in [-0.15, -0.1) is 4.91 Å². The molecule has 0 aliphatic rings. The highest BCUT2D eigenvalue weighted by Crippen LogP contribution is 2.22. The molecule has 1 N–H and O–H groups in total. The van der Waals surface area contributed by atoms with Gasteiger partial charge in [0.25, 0.3) is 0 Å². The van der Waals surface area contributed by atoms with Crippen molar-refractivity contribution >= 4 is 17.1 Å². The summed E-state index contributed by atoms with van der Waals surface area (Å²) >= 11 is 0. The molecule has 0 unspecified atom stereocenters. The van der Waals surface area contributed by atoms with E-state index in [1.807, 2.05) is 12.1 Å². The molecule has 2 aromatic rings. The van der Waals surface area contributed by atoms with Gasteiger partial charge in [-0.25, -0.2) is 0 Å². The van der Waals surface area contributed by atoms with E-state index >= 15 is 0 Å². The van der Waals surface area contributed by atoms with E-state index in [1.54, 1.807) is 12.1 Å². The Hall–Kier alpha value is -2.16. The largest absolute Gasteiger partial charge is 0.356 e. The van der Waals surface area contributed by atoms with E-state index in [-0.39, 0.29) is 0 Å². The van der Waals surface area contributed by atoms with Crippen molar-refractivity contribution in [3.63, 3.8) is 0 Å². The van der Waals surface area contributed by atoms with Crippen LogP contribution in [0.2, 0.25) is 0 Å². The summed E-state index contributed by atoms with van der Waals surface area (Å²) in [5, 5.41) is 6.15. The maximum absolute atomic E-state index is 10.3. The molecule has 0 spiro atoms. The van der Waals surface area contributed by atoms with Crippen molar-refractivity contribution in [3.05, 3.63) is 59.0 Å². The zero-order valence-corrected chi connectivity index (χ0v) is 10.6. The Morgan fingerprint density at radius 1 is 0.889 bits per heavy atom. The van der Waals surface area contributed by atoms with Gasteiger partial charge >= 0.3 is 0 Å². The molecule has 0 saturated carbocycles. The number of rotatable bonds is 4. The van der Waals surface area contributed by atoms with E-state index in [9.17, 15) is 4.91 Å². The standard InChI is InChI=1S/C15H16N2O/c1-11(2)12-3-5-13(6-4-12)16-14-7-9-15(17-18)10-8-14/h3-11,16H,1-2H3. The third-order valence-corrected chi connectivity index (χ3v) is 2.84. The molecule has 0 heterocycles. The minimum atomic E-state index is 0.440. The maximum atomic E-state index is 10.3. The second-order valence-corrected chi connectivity index (χ2v) is 4.54. The summed E-state index contributed by atoms with van der Waals surface area (Å²) in [5.74, 6) is 0.539. The fraction of sp³-hybridized carbons (Fsp3) is 0.200. The Labute approximate surface area is 107 Å². The van der Waals surface area contributed by atoms with Crippen molar-refractivity contribution in [2.24, 2.45) is 5.18 Å². The van der Waals surface area contributed by atoms with Gasteiger partial charge in [0, 0.05) is 11.4 Å². The molecule has 0 saturated heterocycles. The average molecular weight is 240 g/mol. The molecular weight excluding hydrogens is 224 g/mol. The van der Waals surface area contributed by atoms with Gasteiger partial charge in [-0.05, 0) is 53.1 Å². The summed E-state index contributed by atoms with van der Waals surface area (Å²) in [4.78, 5) is 10.3. The molecule has 18 heavy (non-hydrogen) atoms. The van der Waals surface area contributed by atoms with Gasteiger partial charge in [0.2, 0.25) is 0 Å². The van der Waals surface area contributed by atoms with E-state index in [4.69, 9.17) is 0 Å². The lowest BCUT2D eigenvalue weighted by atomic mass is 10.0. The highest BCUT2D eigenvalue weighted by Gasteiger charge is 1.99. The third-order valence-electron chi connectivity index (χ3n) is 2.84. The lowest BCUT2D eigenvalue weighted by Crippen LogP contribution is -1.91. The molecule has 92 valence electrons. The lowest BCUT2D eigenvalue weighted by Gasteiger charge is -2.09. The average Bonchev–Trinajstić information content (AvgIpc) is 2.40. The first-order valence-corrected chi connectivity index (χ1v) is 5.99. The summed E-state index contributed by atoms with van der Waals surface area (Å²) in [6.07, 6.45) is 0. The van der Waals surface area contributed by atoms with Gasteiger partial charge < -0.3 is 5.32 Å². The van der Waals surface area contributed by atoms with E-state index in [1.165, 1.54) is 5.56 Å². The molecule has 3 nitrogen and oxygen atoms in total. The molecule has 0 bridgehead atoms. The van der Waals surface area contributed by atoms with Crippen molar-refractivity contribution in [1.29, 1.82) is 0 Å². The van der Waals surface area contributed by atoms with Crippen LogP contribution >= 0.6 is 0 Å². The van der Waals surface area contributed by atoms with Gasteiger partial charge in [0.15, 0.2) is 0 Å². The zero-order valence-electron chi connectivity index (χ0n) is 10.6. The normalized spacial score (nSPS) is 10.4. The Kier molecular flexibility index (Phi) is 3.72. The first-order chi connectivity index (χ1) is 8.69. The van der Waals surface area contributed by atoms with E-state index in [0.29, 0.717) is 11.6 Å². The molecule has 2 rings (SSSR count). The number of benzene rings is 2.